The SMILES string of the molecule is CO[C@@H](C)c1cccc(N[C@@H](C)C(=O)NCCc2cccs2)c1. The number of thiophene rings is 1. The topological polar surface area (TPSA) is 50.4 Å². The zero-order valence-corrected chi connectivity index (χ0v) is 14.7. The van der Waals surface area contributed by atoms with Gasteiger partial charge in [-0.05, 0) is 49.4 Å². The Morgan fingerprint density at radius 2 is 2.09 bits per heavy atom. The van der Waals surface area contributed by atoms with Crippen molar-refractivity contribution in [2.75, 3.05) is 19.0 Å². The van der Waals surface area contributed by atoms with Crippen molar-refractivity contribution in [1.29, 1.82) is 0 Å². The molecule has 1 aromatic heterocycles. The first-order chi connectivity index (χ1) is 11.1. The van der Waals surface area contributed by atoms with E-state index in [4.69, 9.17) is 4.74 Å². The molecule has 0 radical (unpaired) electrons. The van der Waals surface area contributed by atoms with Gasteiger partial charge in [0.1, 0.15) is 6.04 Å². The molecule has 0 saturated heterocycles. The number of benzene rings is 1. The first-order valence-electron chi connectivity index (χ1n) is 7.79. The van der Waals surface area contributed by atoms with E-state index in [1.807, 2.05) is 44.2 Å². The van der Waals surface area contributed by atoms with Crippen LogP contribution in [0.5, 0.6) is 0 Å². The third-order valence-electron chi connectivity index (χ3n) is 3.74. The fraction of sp³-hybridized carbons (Fsp3) is 0.389. The van der Waals surface area contributed by atoms with Crippen LogP contribution in [-0.2, 0) is 16.0 Å². The zero-order chi connectivity index (χ0) is 16.7. The lowest BCUT2D eigenvalue weighted by atomic mass is 10.1. The second kappa shape index (κ2) is 8.70. The van der Waals surface area contributed by atoms with E-state index in [-0.39, 0.29) is 18.1 Å². The average molecular weight is 332 g/mol. The van der Waals surface area contributed by atoms with E-state index in [1.165, 1.54) is 4.88 Å². The highest BCUT2D eigenvalue weighted by molar-refractivity contribution is 7.09. The molecule has 4 nitrogen and oxygen atoms in total. The van der Waals surface area contributed by atoms with Crippen LogP contribution in [0.3, 0.4) is 0 Å². The summed E-state index contributed by atoms with van der Waals surface area (Å²) in [6, 6.07) is 11.8. The van der Waals surface area contributed by atoms with Gasteiger partial charge in [-0.3, -0.25) is 4.79 Å². The van der Waals surface area contributed by atoms with E-state index in [0.29, 0.717) is 6.54 Å². The normalized spacial score (nSPS) is 13.3. The molecule has 0 fully saturated rings. The lowest BCUT2D eigenvalue weighted by Gasteiger charge is -2.17. The minimum Gasteiger partial charge on any atom is -0.377 e. The number of methoxy groups -OCH3 is 1. The highest BCUT2D eigenvalue weighted by Gasteiger charge is 2.13. The Balaban J connectivity index is 1.83. The van der Waals surface area contributed by atoms with Crippen molar-refractivity contribution < 1.29 is 9.53 Å². The summed E-state index contributed by atoms with van der Waals surface area (Å²) in [7, 11) is 1.69. The number of ether oxygens (including phenoxy) is 1. The summed E-state index contributed by atoms with van der Waals surface area (Å²) in [4.78, 5) is 13.4. The predicted octanol–water partition coefficient (Wildman–Crippen LogP) is 3.61. The number of carbonyl (C=O) groups excluding carboxylic acids is 1. The molecule has 5 heteroatoms. The third-order valence-corrected chi connectivity index (χ3v) is 4.67. The number of nitrogens with one attached hydrogen (secondary N) is 2. The molecule has 1 aromatic carbocycles. The standard InChI is InChI=1S/C18H24N2O2S/c1-13(18(21)19-10-9-17-8-5-11-23-17)20-16-7-4-6-15(12-16)14(2)22-3/h4-8,11-14,20H,9-10H2,1-3H3,(H,19,21)/t13-,14-/m0/s1. The molecule has 0 aliphatic carbocycles. The van der Waals surface area contributed by atoms with E-state index >= 15 is 0 Å². The Labute approximate surface area is 141 Å². The molecule has 0 aliphatic rings. The highest BCUT2D eigenvalue weighted by atomic mass is 32.1. The van der Waals surface area contributed by atoms with Gasteiger partial charge in [0.05, 0.1) is 6.10 Å². The van der Waals surface area contributed by atoms with Gasteiger partial charge in [-0.2, -0.15) is 0 Å². The van der Waals surface area contributed by atoms with Crippen LogP contribution >= 0.6 is 11.3 Å². The number of rotatable bonds is 8. The second-order valence-electron chi connectivity index (χ2n) is 5.49. The van der Waals surface area contributed by atoms with Crippen molar-refractivity contribution >= 4 is 22.9 Å². The van der Waals surface area contributed by atoms with E-state index in [1.54, 1.807) is 18.4 Å². The van der Waals surface area contributed by atoms with Crippen LogP contribution < -0.4 is 10.6 Å². The summed E-state index contributed by atoms with van der Waals surface area (Å²) >= 11 is 1.71. The van der Waals surface area contributed by atoms with Crippen LogP contribution in [0.1, 0.15) is 30.4 Å². The summed E-state index contributed by atoms with van der Waals surface area (Å²) in [5, 5.41) is 8.26. The highest BCUT2D eigenvalue weighted by Crippen LogP contribution is 2.20. The monoisotopic (exact) mass is 332 g/mol. The molecule has 1 heterocycles. The summed E-state index contributed by atoms with van der Waals surface area (Å²) in [5.41, 5.74) is 2.01. The van der Waals surface area contributed by atoms with E-state index in [2.05, 4.69) is 22.1 Å². The maximum Gasteiger partial charge on any atom is 0.242 e. The second-order valence-corrected chi connectivity index (χ2v) is 6.52. The molecule has 0 bridgehead atoms. The molecule has 2 aromatic rings. The van der Waals surface area contributed by atoms with Crippen molar-refractivity contribution in [3.63, 3.8) is 0 Å². The van der Waals surface area contributed by atoms with Crippen molar-refractivity contribution in [2.24, 2.45) is 0 Å². The first-order valence-corrected chi connectivity index (χ1v) is 8.67. The van der Waals surface area contributed by atoms with Gasteiger partial charge in [-0.15, -0.1) is 11.3 Å². The van der Waals surface area contributed by atoms with Crippen molar-refractivity contribution in [1.82, 2.24) is 5.32 Å². The van der Waals surface area contributed by atoms with Crippen LogP contribution in [0.15, 0.2) is 41.8 Å². The zero-order valence-electron chi connectivity index (χ0n) is 13.8. The molecule has 0 spiro atoms. The first kappa shape index (κ1) is 17.5. The van der Waals surface area contributed by atoms with E-state index in [9.17, 15) is 4.79 Å². The minimum absolute atomic E-state index is 0.00625. The molecule has 2 atom stereocenters. The van der Waals surface area contributed by atoms with Crippen LogP contribution in [0.4, 0.5) is 5.69 Å². The van der Waals surface area contributed by atoms with Gasteiger partial charge >= 0.3 is 0 Å². The molecular weight excluding hydrogens is 308 g/mol. The maximum atomic E-state index is 12.2. The van der Waals surface area contributed by atoms with Crippen LogP contribution in [-0.4, -0.2) is 25.6 Å². The smallest absolute Gasteiger partial charge is 0.242 e. The number of amides is 1. The molecule has 1 amide bonds. The molecular formula is C18H24N2O2S. The summed E-state index contributed by atoms with van der Waals surface area (Å²) in [6.07, 6.45) is 0.906. The average Bonchev–Trinajstić information content (AvgIpc) is 3.07. The van der Waals surface area contributed by atoms with Gasteiger partial charge in [0.2, 0.25) is 5.91 Å². The molecule has 2 rings (SSSR count). The van der Waals surface area contributed by atoms with Gasteiger partial charge in [0.25, 0.3) is 0 Å². The van der Waals surface area contributed by atoms with Crippen LogP contribution in [0, 0.1) is 0 Å². The van der Waals surface area contributed by atoms with Crippen molar-refractivity contribution in [3.8, 4) is 0 Å². The van der Waals surface area contributed by atoms with E-state index < -0.39 is 0 Å². The van der Waals surface area contributed by atoms with E-state index in [0.717, 1.165) is 17.7 Å². The molecule has 124 valence electrons. The van der Waals surface area contributed by atoms with Crippen LogP contribution in [0.2, 0.25) is 0 Å². The Kier molecular flexibility index (Phi) is 6.62. The number of hydrogen-bond acceptors (Lipinski definition) is 4. The lowest BCUT2D eigenvalue weighted by molar-refractivity contribution is -0.121. The molecule has 0 unspecified atom stereocenters. The molecule has 0 aliphatic heterocycles. The van der Waals surface area contributed by atoms with Gasteiger partial charge in [-0.1, -0.05) is 18.2 Å². The number of anilines is 1. The largest absolute Gasteiger partial charge is 0.377 e. The lowest BCUT2D eigenvalue weighted by Crippen LogP contribution is -2.38. The Morgan fingerprint density at radius 3 is 2.78 bits per heavy atom. The minimum atomic E-state index is -0.286. The molecule has 0 saturated carbocycles. The van der Waals surface area contributed by atoms with Gasteiger partial charge < -0.3 is 15.4 Å². The summed E-state index contributed by atoms with van der Waals surface area (Å²) in [5.74, 6) is 0.00625. The summed E-state index contributed by atoms with van der Waals surface area (Å²) in [6.45, 7) is 4.53. The third kappa shape index (κ3) is 5.37. The number of hydrogen-bond donors (Lipinski definition) is 2. The van der Waals surface area contributed by atoms with Crippen LogP contribution in [0.25, 0.3) is 0 Å². The fourth-order valence-electron chi connectivity index (χ4n) is 2.25. The Hall–Kier alpha value is -1.85. The summed E-state index contributed by atoms with van der Waals surface area (Å²) < 4.78 is 5.33. The fourth-order valence-corrected chi connectivity index (χ4v) is 2.96. The molecule has 23 heavy (non-hydrogen) atoms. The molecule has 2 N–H and O–H groups in total. The predicted molar refractivity (Wildman–Crippen MR) is 96.0 cm³/mol. The Morgan fingerprint density at radius 1 is 1.26 bits per heavy atom. The van der Waals surface area contributed by atoms with Gasteiger partial charge in [0.15, 0.2) is 0 Å². The number of carbonyl (C=O) groups is 1. The maximum absolute atomic E-state index is 12.2. The van der Waals surface area contributed by atoms with Gasteiger partial charge in [-0.25, -0.2) is 0 Å². The van der Waals surface area contributed by atoms with Crippen molar-refractivity contribution in [2.45, 2.75) is 32.4 Å². The van der Waals surface area contributed by atoms with Crippen molar-refractivity contribution in [3.05, 3.63) is 52.2 Å². The quantitative estimate of drug-likeness (QED) is 0.776. The van der Waals surface area contributed by atoms with Gasteiger partial charge in [0, 0.05) is 24.2 Å². The Bertz CT molecular complexity index is 613.